The van der Waals surface area contributed by atoms with Crippen molar-refractivity contribution < 1.29 is 14.3 Å². The number of anilines is 1. The van der Waals surface area contributed by atoms with Crippen LogP contribution in [0.25, 0.3) is 11.1 Å². The smallest absolute Gasteiger partial charge is 0.341 e. The lowest BCUT2D eigenvalue weighted by atomic mass is 10.0. The first-order valence-electron chi connectivity index (χ1n) is 8.37. The van der Waals surface area contributed by atoms with Crippen molar-refractivity contribution in [1.29, 1.82) is 0 Å². The van der Waals surface area contributed by atoms with Crippen LogP contribution in [-0.2, 0) is 9.53 Å². The number of carbonyl (C=O) groups is 2. The van der Waals surface area contributed by atoms with E-state index in [1.165, 1.54) is 11.3 Å². The second-order valence-electron chi connectivity index (χ2n) is 6.01. The normalized spacial score (nSPS) is 10.7. The summed E-state index contributed by atoms with van der Waals surface area (Å²) in [6.45, 7) is 7.17. The van der Waals surface area contributed by atoms with E-state index in [4.69, 9.17) is 4.74 Å². The van der Waals surface area contributed by atoms with Crippen LogP contribution in [0.1, 0.15) is 31.1 Å². The van der Waals surface area contributed by atoms with Crippen LogP contribution in [0.5, 0.6) is 0 Å². The number of benzene rings is 1. The van der Waals surface area contributed by atoms with E-state index < -0.39 is 5.97 Å². The number of ether oxygens (including phenoxy) is 1. The van der Waals surface area contributed by atoms with Crippen molar-refractivity contribution in [2.45, 2.75) is 20.8 Å². The second kappa shape index (κ2) is 9.34. The molecule has 1 heterocycles. The summed E-state index contributed by atoms with van der Waals surface area (Å²) in [7, 11) is 0. The fourth-order valence-electron chi connectivity index (χ4n) is 2.33. The molecule has 2 rings (SSSR count). The van der Waals surface area contributed by atoms with Crippen molar-refractivity contribution in [3.8, 4) is 11.1 Å². The highest BCUT2D eigenvalue weighted by atomic mass is 32.1. The SMILES string of the molecule is CCOC(=O)c1c(-c2ccccc2)csc1NC(=O)CNCC(C)C. The number of nitrogens with one attached hydrogen (secondary N) is 2. The predicted molar refractivity (Wildman–Crippen MR) is 102 cm³/mol. The summed E-state index contributed by atoms with van der Waals surface area (Å²) in [5.74, 6) is -0.130. The standard InChI is InChI=1S/C19H24N2O3S/c1-4-24-19(23)17-15(14-8-6-5-7-9-14)12-25-18(17)21-16(22)11-20-10-13(2)3/h5-9,12-13,20H,4,10-11H2,1-3H3,(H,21,22). The van der Waals surface area contributed by atoms with Crippen molar-refractivity contribution in [1.82, 2.24) is 5.32 Å². The molecule has 0 spiro atoms. The minimum Gasteiger partial charge on any atom is -0.462 e. The van der Waals surface area contributed by atoms with E-state index in [0.29, 0.717) is 16.5 Å². The predicted octanol–water partition coefficient (Wildman–Crippen LogP) is 3.78. The lowest BCUT2D eigenvalue weighted by Crippen LogP contribution is -2.30. The maximum atomic E-state index is 12.4. The maximum absolute atomic E-state index is 12.4. The van der Waals surface area contributed by atoms with Gasteiger partial charge in [0.15, 0.2) is 0 Å². The molecule has 1 aromatic carbocycles. The van der Waals surface area contributed by atoms with Crippen LogP contribution in [0.15, 0.2) is 35.7 Å². The molecule has 0 fully saturated rings. The highest BCUT2D eigenvalue weighted by molar-refractivity contribution is 7.15. The zero-order valence-corrected chi connectivity index (χ0v) is 15.6. The maximum Gasteiger partial charge on any atom is 0.341 e. The topological polar surface area (TPSA) is 67.4 Å². The number of hydrogen-bond donors (Lipinski definition) is 2. The summed E-state index contributed by atoms with van der Waals surface area (Å²) in [4.78, 5) is 24.6. The van der Waals surface area contributed by atoms with Gasteiger partial charge in [0.05, 0.1) is 13.2 Å². The Labute approximate surface area is 152 Å². The van der Waals surface area contributed by atoms with E-state index in [-0.39, 0.29) is 19.1 Å². The zero-order valence-electron chi connectivity index (χ0n) is 14.8. The molecule has 1 aromatic heterocycles. The molecule has 25 heavy (non-hydrogen) atoms. The minimum absolute atomic E-state index is 0.173. The highest BCUT2D eigenvalue weighted by Crippen LogP contribution is 2.36. The lowest BCUT2D eigenvalue weighted by molar-refractivity contribution is -0.115. The highest BCUT2D eigenvalue weighted by Gasteiger charge is 2.22. The van der Waals surface area contributed by atoms with Gasteiger partial charge < -0.3 is 15.4 Å². The first-order chi connectivity index (χ1) is 12.0. The fraction of sp³-hybridized carbons (Fsp3) is 0.368. The molecule has 134 valence electrons. The molecule has 6 heteroatoms. The van der Waals surface area contributed by atoms with Crippen LogP contribution in [0, 0.1) is 5.92 Å². The van der Waals surface area contributed by atoms with Gasteiger partial charge in [-0.1, -0.05) is 44.2 Å². The van der Waals surface area contributed by atoms with Gasteiger partial charge in [-0.25, -0.2) is 4.79 Å². The Morgan fingerprint density at radius 2 is 1.92 bits per heavy atom. The molecule has 0 radical (unpaired) electrons. The number of thiophene rings is 1. The third-order valence-electron chi connectivity index (χ3n) is 3.45. The molecule has 0 aliphatic carbocycles. The van der Waals surface area contributed by atoms with E-state index in [1.807, 2.05) is 35.7 Å². The van der Waals surface area contributed by atoms with E-state index >= 15 is 0 Å². The van der Waals surface area contributed by atoms with Gasteiger partial charge >= 0.3 is 5.97 Å². The average molecular weight is 360 g/mol. The second-order valence-corrected chi connectivity index (χ2v) is 6.89. The van der Waals surface area contributed by atoms with Gasteiger partial charge in [-0.2, -0.15) is 0 Å². The Morgan fingerprint density at radius 1 is 1.20 bits per heavy atom. The summed E-state index contributed by atoms with van der Waals surface area (Å²) >= 11 is 1.33. The van der Waals surface area contributed by atoms with Crippen molar-refractivity contribution in [2.75, 3.05) is 25.0 Å². The van der Waals surface area contributed by atoms with Gasteiger partial charge in [0, 0.05) is 10.9 Å². The molecule has 0 unspecified atom stereocenters. The number of rotatable bonds is 8. The minimum atomic E-state index is -0.423. The van der Waals surface area contributed by atoms with Gasteiger partial charge in [-0.15, -0.1) is 11.3 Å². The molecule has 0 aliphatic rings. The molecular formula is C19H24N2O3S. The number of hydrogen-bond acceptors (Lipinski definition) is 5. The Kier molecular flexibility index (Phi) is 7.16. The summed E-state index contributed by atoms with van der Waals surface area (Å²) < 4.78 is 5.18. The molecule has 2 aromatic rings. The quantitative estimate of drug-likeness (QED) is 0.703. The molecule has 0 aliphatic heterocycles. The Morgan fingerprint density at radius 3 is 2.56 bits per heavy atom. The summed E-state index contributed by atoms with van der Waals surface area (Å²) in [5, 5.41) is 8.32. The van der Waals surface area contributed by atoms with E-state index in [2.05, 4.69) is 24.5 Å². The molecule has 0 bridgehead atoms. The lowest BCUT2D eigenvalue weighted by Gasteiger charge is -2.10. The van der Waals surface area contributed by atoms with Crippen LogP contribution in [0.3, 0.4) is 0 Å². The van der Waals surface area contributed by atoms with Crippen LogP contribution in [0.2, 0.25) is 0 Å². The molecular weight excluding hydrogens is 336 g/mol. The van der Waals surface area contributed by atoms with Gasteiger partial charge in [-0.05, 0) is 24.9 Å². The first-order valence-corrected chi connectivity index (χ1v) is 9.25. The number of esters is 1. The number of carbonyl (C=O) groups excluding carboxylic acids is 2. The van der Waals surface area contributed by atoms with Crippen LogP contribution >= 0.6 is 11.3 Å². The fourth-order valence-corrected chi connectivity index (χ4v) is 3.30. The molecule has 1 amide bonds. The van der Waals surface area contributed by atoms with E-state index in [9.17, 15) is 9.59 Å². The van der Waals surface area contributed by atoms with Gasteiger partial charge in [0.2, 0.25) is 5.91 Å². The average Bonchev–Trinajstić information content (AvgIpc) is 2.99. The van der Waals surface area contributed by atoms with Gasteiger partial charge in [0.25, 0.3) is 0 Å². The third-order valence-corrected chi connectivity index (χ3v) is 4.34. The van der Waals surface area contributed by atoms with Crippen molar-refractivity contribution in [3.05, 3.63) is 41.3 Å². The monoisotopic (exact) mass is 360 g/mol. The Bertz CT molecular complexity index is 711. The van der Waals surface area contributed by atoms with Crippen molar-refractivity contribution in [3.63, 3.8) is 0 Å². The first kappa shape index (κ1) is 19.1. The Balaban J connectivity index is 2.21. The van der Waals surface area contributed by atoms with Crippen LogP contribution in [-0.4, -0.2) is 31.6 Å². The molecule has 5 nitrogen and oxygen atoms in total. The van der Waals surface area contributed by atoms with Gasteiger partial charge in [-0.3, -0.25) is 4.79 Å². The van der Waals surface area contributed by atoms with Crippen molar-refractivity contribution >= 4 is 28.2 Å². The third kappa shape index (κ3) is 5.41. The summed E-state index contributed by atoms with van der Waals surface area (Å²) in [6, 6.07) is 9.61. The summed E-state index contributed by atoms with van der Waals surface area (Å²) in [5.41, 5.74) is 2.10. The van der Waals surface area contributed by atoms with Gasteiger partial charge in [0.1, 0.15) is 10.6 Å². The molecule has 2 N–H and O–H groups in total. The summed E-state index contributed by atoms with van der Waals surface area (Å²) in [6.07, 6.45) is 0. The molecule has 0 saturated heterocycles. The largest absolute Gasteiger partial charge is 0.462 e. The Hall–Kier alpha value is -2.18. The molecule has 0 saturated carbocycles. The molecule has 0 atom stereocenters. The van der Waals surface area contributed by atoms with E-state index in [1.54, 1.807) is 6.92 Å². The van der Waals surface area contributed by atoms with Crippen LogP contribution in [0.4, 0.5) is 5.00 Å². The number of amides is 1. The van der Waals surface area contributed by atoms with Crippen molar-refractivity contribution in [2.24, 2.45) is 5.92 Å². The van der Waals surface area contributed by atoms with E-state index in [0.717, 1.165) is 17.7 Å². The zero-order chi connectivity index (χ0) is 18.2. The van der Waals surface area contributed by atoms with Crippen LogP contribution < -0.4 is 10.6 Å².